The van der Waals surface area contributed by atoms with Gasteiger partial charge in [0.15, 0.2) is 0 Å². The lowest BCUT2D eigenvalue weighted by Crippen LogP contribution is -2.02. The summed E-state index contributed by atoms with van der Waals surface area (Å²) in [5.41, 5.74) is 2.18. The van der Waals surface area contributed by atoms with E-state index >= 15 is 0 Å². The van der Waals surface area contributed by atoms with Crippen molar-refractivity contribution in [3.8, 4) is 11.5 Å². The Hall–Kier alpha value is -2.20. The number of benzene rings is 2. The summed E-state index contributed by atoms with van der Waals surface area (Å²) in [5.74, 6) is 1.61. The molecule has 0 amide bonds. The zero-order chi connectivity index (χ0) is 14.2. The lowest BCUT2D eigenvalue weighted by Gasteiger charge is -2.09. The minimum atomic E-state index is 0.0237. The van der Waals surface area contributed by atoms with Crippen LogP contribution in [0.5, 0.6) is 11.5 Å². The molecule has 2 rings (SSSR count). The molecule has 20 heavy (non-hydrogen) atoms. The molecule has 0 saturated heterocycles. The van der Waals surface area contributed by atoms with Crippen LogP contribution in [0.15, 0.2) is 48.5 Å². The van der Waals surface area contributed by atoms with Crippen molar-refractivity contribution in [2.24, 2.45) is 0 Å². The number of aliphatic hydroxyl groups is 1. The average molecular weight is 273 g/mol. The second kappa shape index (κ2) is 7.40. The molecule has 0 bridgehead atoms. The topological polar surface area (TPSA) is 50.7 Å². The van der Waals surface area contributed by atoms with E-state index in [2.05, 4.69) is 5.32 Å². The van der Waals surface area contributed by atoms with Gasteiger partial charge in [-0.3, -0.25) is 0 Å². The van der Waals surface area contributed by atoms with Gasteiger partial charge in [0.25, 0.3) is 0 Å². The Bertz CT molecular complexity index is 526. The van der Waals surface area contributed by atoms with Crippen LogP contribution in [0.2, 0.25) is 0 Å². The summed E-state index contributed by atoms with van der Waals surface area (Å²) in [6, 6.07) is 15.6. The molecule has 0 aliphatic carbocycles. The van der Waals surface area contributed by atoms with Crippen LogP contribution in [0.1, 0.15) is 5.56 Å². The molecule has 0 fully saturated rings. The SMILES string of the molecule is COc1cccc(CNc2ccc(OCCO)cc2)c1. The van der Waals surface area contributed by atoms with Crippen molar-refractivity contribution >= 4 is 5.69 Å². The molecule has 0 radical (unpaired) electrons. The molecule has 2 aromatic carbocycles. The molecule has 0 aliphatic heterocycles. The maximum absolute atomic E-state index is 8.69. The van der Waals surface area contributed by atoms with Crippen LogP contribution < -0.4 is 14.8 Å². The fourth-order valence-electron chi connectivity index (χ4n) is 1.82. The van der Waals surface area contributed by atoms with Crippen LogP contribution in [0.3, 0.4) is 0 Å². The summed E-state index contributed by atoms with van der Waals surface area (Å²) in [6.07, 6.45) is 0. The summed E-state index contributed by atoms with van der Waals surface area (Å²) in [6.45, 7) is 1.07. The molecule has 4 heteroatoms. The Morgan fingerprint density at radius 2 is 1.85 bits per heavy atom. The standard InChI is InChI=1S/C16H19NO3/c1-19-16-4-2-3-13(11-16)12-17-14-5-7-15(8-6-14)20-10-9-18/h2-8,11,17-18H,9-10,12H2,1H3. The van der Waals surface area contributed by atoms with Crippen molar-refractivity contribution in [3.63, 3.8) is 0 Å². The number of hydrogen-bond acceptors (Lipinski definition) is 4. The summed E-state index contributed by atoms with van der Waals surface area (Å²) in [4.78, 5) is 0. The van der Waals surface area contributed by atoms with Crippen LogP contribution in [0.25, 0.3) is 0 Å². The van der Waals surface area contributed by atoms with Gasteiger partial charge in [-0.05, 0) is 42.0 Å². The third-order valence-corrected chi connectivity index (χ3v) is 2.85. The van der Waals surface area contributed by atoms with Gasteiger partial charge in [-0.25, -0.2) is 0 Å². The van der Waals surface area contributed by atoms with Gasteiger partial charge in [0.05, 0.1) is 13.7 Å². The highest BCUT2D eigenvalue weighted by molar-refractivity contribution is 5.47. The molecule has 0 aromatic heterocycles. The monoisotopic (exact) mass is 273 g/mol. The van der Waals surface area contributed by atoms with Crippen molar-refractivity contribution in [2.45, 2.75) is 6.54 Å². The molecule has 0 aliphatic rings. The average Bonchev–Trinajstić information content (AvgIpc) is 2.52. The Labute approximate surface area is 119 Å². The first kappa shape index (κ1) is 14.2. The van der Waals surface area contributed by atoms with E-state index < -0.39 is 0 Å². The maximum atomic E-state index is 8.69. The molecule has 2 N–H and O–H groups in total. The minimum absolute atomic E-state index is 0.0237. The number of hydrogen-bond donors (Lipinski definition) is 2. The maximum Gasteiger partial charge on any atom is 0.119 e. The van der Waals surface area contributed by atoms with E-state index in [0.717, 1.165) is 29.3 Å². The molecule has 0 heterocycles. The summed E-state index contributed by atoms with van der Waals surface area (Å²) < 4.78 is 10.5. The summed E-state index contributed by atoms with van der Waals surface area (Å²) in [5, 5.41) is 12.0. The largest absolute Gasteiger partial charge is 0.497 e. The Morgan fingerprint density at radius 3 is 2.55 bits per heavy atom. The van der Waals surface area contributed by atoms with E-state index in [1.165, 1.54) is 0 Å². The van der Waals surface area contributed by atoms with E-state index in [9.17, 15) is 0 Å². The molecule has 0 saturated carbocycles. The number of anilines is 1. The van der Waals surface area contributed by atoms with Crippen LogP contribution in [-0.4, -0.2) is 25.4 Å². The van der Waals surface area contributed by atoms with Gasteiger partial charge in [-0.2, -0.15) is 0 Å². The third-order valence-electron chi connectivity index (χ3n) is 2.85. The van der Waals surface area contributed by atoms with Crippen LogP contribution in [0, 0.1) is 0 Å². The minimum Gasteiger partial charge on any atom is -0.497 e. The molecular formula is C16H19NO3. The van der Waals surface area contributed by atoms with Gasteiger partial charge in [0.2, 0.25) is 0 Å². The van der Waals surface area contributed by atoms with Gasteiger partial charge in [-0.1, -0.05) is 12.1 Å². The van der Waals surface area contributed by atoms with Gasteiger partial charge in [-0.15, -0.1) is 0 Å². The van der Waals surface area contributed by atoms with E-state index in [0.29, 0.717) is 6.61 Å². The number of rotatable bonds is 7. The second-order valence-corrected chi connectivity index (χ2v) is 4.30. The van der Waals surface area contributed by atoms with E-state index in [4.69, 9.17) is 14.6 Å². The highest BCUT2D eigenvalue weighted by Crippen LogP contribution is 2.17. The zero-order valence-electron chi connectivity index (χ0n) is 11.5. The lowest BCUT2D eigenvalue weighted by molar-refractivity contribution is 0.201. The summed E-state index contributed by atoms with van der Waals surface area (Å²) >= 11 is 0. The fourth-order valence-corrected chi connectivity index (χ4v) is 1.82. The number of aliphatic hydroxyl groups excluding tert-OH is 1. The Kier molecular flexibility index (Phi) is 5.26. The van der Waals surface area contributed by atoms with Crippen molar-refractivity contribution in [3.05, 3.63) is 54.1 Å². The first-order chi connectivity index (χ1) is 9.81. The van der Waals surface area contributed by atoms with Crippen molar-refractivity contribution in [2.75, 3.05) is 25.6 Å². The van der Waals surface area contributed by atoms with Crippen molar-refractivity contribution < 1.29 is 14.6 Å². The first-order valence-corrected chi connectivity index (χ1v) is 6.52. The van der Waals surface area contributed by atoms with Crippen molar-refractivity contribution in [1.29, 1.82) is 0 Å². The van der Waals surface area contributed by atoms with Crippen LogP contribution in [0.4, 0.5) is 5.69 Å². The molecule has 2 aromatic rings. The molecular weight excluding hydrogens is 254 g/mol. The normalized spacial score (nSPS) is 10.1. The van der Waals surface area contributed by atoms with Crippen molar-refractivity contribution in [1.82, 2.24) is 0 Å². The van der Waals surface area contributed by atoms with Gasteiger partial charge >= 0.3 is 0 Å². The van der Waals surface area contributed by atoms with Gasteiger partial charge in [0.1, 0.15) is 18.1 Å². The predicted octanol–water partition coefficient (Wildman–Crippen LogP) is 2.68. The second-order valence-electron chi connectivity index (χ2n) is 4.30. The molecule has 0 spiro atoms. The van der Waals surface area contributed by atoms with Gasteiger partial charge in [0, 0.05) is 12.2 Å². The number of methoxy groups -OCH3 is 1. The van der Waals surface area contributed by atoms with E-state index in [1.54, 1.807) is 7.11 Å². The number of ether oxygens (including phenoxy) is 2. The van der Waals surface area contributed by atoms with E-state index in [1.807, 2.05) is 48.5 Å². The fraction of sp³-hybridized carbons (Fsp3) is 0.250. The molecule has 106 valence electrons. The van der Waals surface area contributed by atoms with E-state index in [-0.39, 0.29) is 6.61 Å². The molecule has 4 nitrogen and oxygen atoms in total. The zero-order valence-corrected chi connectivity index (χ0v) is 11.5. The first-order valence-electron chi connectivity index (χ1n) is 6.52. The quantitative estimate of drug-likeness (QED) is 0.814. The lowest BCUT2D eigenvalue weighted by atomic mass is 10.2. The summed E-state index contributed by atoms with van der Waals surface area (Å²) in [7, 11) is 1.66. The molecule has 0 unspecified atom stereocenters. The number of nitrogens with one attached hydrogen (secondary N) is 1. The third kappa shape index (κ3) is 4.17. The van der Waals surface area contributed by atoms with Crippen LogP contribution >= 0.6 is 0 Å². The highest BCUT2D eigenvalue weighted by atomic mass is 16.5. The highest BCUT2D eigenvalue weighted by Gasteiger charge is 1.98. The smallest absolute Gasteiger partial charge is 0.119 e. The van der Waals surface area contributed by atoms with Crippen LogP contribution in [-0.2, 0) is 6.54 Å². The predicted molar refractivity (Wildman–Crippen MR) is 79.3 cm³/mol. The Balaban J connectivity index is 1.89. The van der Waals surface area contributed by atoms with Gasteiger partial charge < -0.3 is 19.9 Å². The molecule has 0 atom stereocenters. The Morgan fingerprint density at radius 1 is 1.05 bits per heavy atom.